The van der Waals surface area contributed by atoms with Crippen molar-refractivity contribution < 1.29 is 4.74 Å². The monoisotopic (exact) mass is 141 g/mol. The number of ether oxygens (including phenoxy) is 1. The molecule has 58 valence electrons. The zero-order valence-corrected chi connectivity index (χ0v) is 6.71. The lowest BCUT2D eigenvalue weighted by molar-refractivity contribution is 0.115. The first-order valence-corrected chi connectivity index (χ1v) is 4.02. The van der Waals surface area contributed by atoms with Gasteiger partial charge in [0, 0.05) is 19.7 Å². The average Bonchev–Trinajstić information content (AvgIpc) is 2.57. The van der Waals surface area contributed by atoms with E-state index in [4.69, 9.17) is 4.74 Å². The molecular formula is C8H15NO. The van der Waals surface area contributed by atoms with Crippen molar-refractivity contribution in [2.75, 3.05) is 27.3 Å². The van der Waals surface area contributed by atoms with Gasteiger partial charge in [0.25, 0.3) is 0 Å². The van der Waals surface area contributed by atoms with Crippen LogP contribution in [-0.2, 0) is 4.74 Å². The average molecular weight is 141 g/mol. The maximum atomic E-state index is 5.15. The van der Waals surface area contributed by atoms with Crippen LogP contribution in [-0.4, -0.2) is 38.3 Å². The van der Waals surface area contributed by atoms with E-state index in [9.17, 15) is 0 Å². The molecule has 2 nitrogen and oxygen atoms in total. The molecule has 0 aromatic heterocycles. The minimum atomic E-state index is 0.731. The highest BCUT2D eigenvalue weighted by Gasteiger charge is 2.50. The Labute approximate surface area is 62.2 Å². The van der Waals surface area contributed by atoms with Crippen LogP contribution in [0.4, 0.5) is 0 Å². The van der Waals surface area contributed by atoms with Crippen molar-refractivity contribution >= 4 is 0 Å². The van der Waals surface area contributed by atoms with Crippen LogP contribution in [0.3, 0.4) is 0 Å². The van der Waals surface area contributed by atoms with E-state index in [0.717, 1.165) is 24.5 Å². The number of hydrogen-bond donors (Lipinski definition) is 0. The van der Waals surface area contributed by atoms with Gasteiger partial charge in [-0.2, -0.15) is 0 Å². The largest absolute Gasteiger partial charge is 0.383 e. The summed E-state index contributed by atoms with van der Waals surface area (Å²) in [4.78, 5) is 2.43. The van der Waals surface area contributed by atoms with Crippen LogP contribution in [0.2, 0.25) is 0 Å². The number of nitrogens with zero attached hydrogens (tertiary/aromatic N) is 1. The van der Waals surface area contributed by atoms with Gasteiger partial charge < -0.3 is 9.64 Å². The van der Waals surface area contributed by atoms with Crippen molar-refractivity contribution in [2.45, 2.75) is 12.5 Å². The molecule has 1 aliphatic carbocycles. The van der Waals surface area contributed by atoms with Gasteiger partial charge in [0.15, 0.2) is 0 Å². The molecule has 2 rings (SSSR count). The predicted molar refractivity (Wildman–Crippen MR) is 39.9 cm³/mol. The molecule has 3 atom stereocenters. The first-order chi connectivity index (χ1) is 4.83. The van der Waals surface area contributed by atoms with Gasteiger partial charge in [0.2, 0.25) is 0 Å². The topological polar surface area (TPSA) is 12.5 Å². The van der Waals surface area contributed by atoms with Crippen LogP contribution in [0.5, 0.6) is 0 Å². The van der Waals surface area contributed by atoms with Crippen LogP contribution in [0, 0.1) is 11.8 Å². The van der Waals surface area contributed by atoms with Crippen LogP contribution < -0.4 is 0 Å². The molecule has 0 N–H and O–H groups in total. The predicted octanol–water partition coefficient (Wildman–Crippen LogP) is 0.583. The van der Waals surface area contributed by atoms with Crippen LogP contribution in [0.1, 0.15) is 6.42 Å². The lowest BCUT2D eigenvalue weighted by Crippen LogP contribution is -2.32. The van der Waals surface area contributed by atoms with Gasteiger partial charge in [0.05, 0.1) is 6.61 Å². The van der Waals surface area contributed by atoms with Crippen LogP contribution in [0.15, 0.2) is 0 Å². The fraction of sp³-hybridized carbons (Fsp3) is 1.00. The molecule has 10 heavy (non-hydrogen) atoms. The van der Waals surface area contributed by atoms with Gasteiger partial charge in [-0.25, -0.2) is 0 Å². The van der Waals surface area contributed by atoms with Crippen LogP contribution >= 0.6 is 0 Å². The van der Waals surface area contributed by atoms with Crippen molar-refractivity contribution in [3.63, 3.8) is 0 Å². The molecule has 1 saturated carbocycles. The van der Waals surface area contributed by atoms with E-state index < -0.39 is 0 Å². The molecule has 2 heteroatoms. The summed E-state index contributed by atoms with van der Waals surface area (Å²) in [7, 11) is 4.00. The number of fused-ring (bicyclic) bond motifs is 1. The molecule has 1 unspecified atom stereocenters. The minimum Gasteiger partial charge on any atom is -0.383 e. The summed E-state index contributed by atoms with van der Waals surface area (Å²) in [6, 6.07) is 0.731. The first kappa shape index (κ1) is 6.62. The van der Waals surface area contributed by atoms with Crippen LogP contribution in [0.25, 0.3) is 0 Å². The smallest absolute Gasteiger partial charge is 0.0620 e. The second kappa shape index (κ2) is 2.21. The maximum absolute atomic E-state index is 5.15. The highest BCUT2D eigenvalue weighted by atomic mass is 16.5. The van der Waals surface area contributed by atoms with Crippen molar-refractivity contribution in [2.24, 2.45) is 11.8 Å². The Balaban J connectivity index is 1.92. The van der Waals surface area contributed by atoms with Crippen molar-refractivity contribution in [1.29, 1.82) is 0 Å². The fourth-order valence-corrected chi connectivity index (χ4v) is 2.21. The van der Waals surface area contributed by atoms with Gasteiger partial charge in [-0.05, 0) is 25.3 Å². The molecule has 1 heterocycles. The highest BCUT2D eigenvalue weighted by Crippen LogP contribution is 2.48. The molecule has 2 fully saturated rings. The van der Waals surface area contributed by atoms with Crippen molar-refractivity contribution in [3.05, 3.63) is 0 Å². The Morgan fingerprint density at radius 1 is 1.60 bits per heavy atom. The van der Waals surface area contributed by atoms with Gasteiger partial charge in [-0.15, -0.1) is 0 Å². The normalized spacial score (nSPS) is 45.6. The molecule has 0 aromatic rings. The second-order valence-corrected chi connectivity index (χ2v) is 3.62. The quantitative estimate of drug-likeness (QED) is 0.558. The van der Waals surface area contributed by atoms with E-state index in [1.165, 1.54) is 13.0 Å². The molecule has 0 radical (unpaired) electrons. The summed E-state index contributed by atoms with van der Waals surface area (Å²) in [6.45, 7) is 2.23. The SMILES string of the molecule is COC[C@@H]1[C@H]2CC2CN1C. The zero-order chi connectivity index (χ0) is 7.14. The summed E-state index contributed by atoms with van der Waals surface area (Å²) < 4.78 is 5.15. The number of piperidine rings is 1. The third-order valence-electron chi connectivity index (χ3n) is 2.90. The second-order valence-electron chi connectivity index (χ2n) is 3.62. The minimum absolute atomic E-state index is 0.731. The molecule has 0 bridgehead atoms. The number of hydrogen-bond acceptors (Lipinski definition) is 2. The van der Waals surface area contributed by atoms with E-state index in [-0.39, 0.29) is 0 Å². The molecule has 1 aliphatic heterocycles. The molecule has 2 aliphatic rings. The summed E-state index contributed by atoms with van der Waals surface area (Å²) in [6.07, 6.45) is 1.46. The van der Waals surface area contributed by atoms with E-state index in [1.54, 1.807) is 7.11 Å². The van der Waals surface area contributed by atoms with Gasteiger partial charge in [0.1, 0.15) is 0 Å². The Morgan fingerprint density at radius 3 is 2.90 bits per heavy atom. The highest BCUT2D eigenvalue weighted by molar-refractivity contribution is 5.02. The number of methoxy groups -OCH3 is 1. The Bertz CT molecular complexity index is 135. The zero-order valence-electron chi connectivity index (χ0n) is 6.71. The summed E-state index contributed by atoms with van der Waals surface area (Å²) in [5.41, 5.74) is 0. The van der Waals surface area contributed by atoms with Gasteiger partial charge in [-0.3, -0.25) is 0 Å². The fourth-order valence-electron chi connectivity index (χ4n) is 2.21. The number of likely N-dealkylation sites (N-methyl/N-ethyl adjacent to an activating group) is 1. The summed E-state index contributed by atoms with van der Waals surface area (Å²) in [5.74, 6) is 2.00. The van der Waals surface area contributed by atoms with Crippen molar-refractivity contribution in [1.82, 2.24) is 4.90 Å². The third-order valence-corrected chi connectivity index (χ3v) is 2.90. The Hall–Kier alpha value is -0.0800. The Morgan fingerprint density at radius 2 is 2.40 bits per heavy atom. The summed E-state index contributed by atoms with van der Waals surface area (Å²) >= 11 is 0. The summed E-state index contributed by atoms with van der Waals surface area (Å²) in [5, 5.41) is 0. The molecule has 0 amide bonds. The standard InChI is InChI=1S/C8H15NO/c1-9-4-6-3-7(6)8(9)5-10-2/h6-8H,3-5H2,1-2H3/t6?,7-,8+/m0/s1. The molecule has 0 aromatic carbocycles. The van der Waals surface area contributed by atoms with E-state index >= 15 is 0 Å². The van der Waals surface area contributed by atoms with Gasteiger partial charge >= 0.3 is 0 Å². The molecule has 1 saturated heterocycles. The first-order valence-electron chi connectivity index (χ1n) is 4.02. The molecular weight excluding hydrogens is 126 g/mol. The van der Waals surface area contributed by atoms with Gasteiger partial charge in [-0.1, -0.05) is 0 Å². The van der Waals surface area contributed by atoms with Crippen molar-refractivity contribution in [3.8, 4) is 0 Å². The molecule has 0 spiro atoms. The third kappa shape index (κ3) is 0.867. The lowest BCUT2D eigenvalue weighted by atomic mass is 10.2. The van der Waals surface area contributed by atoms with E-state index in [0.29, 0.717) is 0 Å². The number of likely N-dealkylation sites (tertiary alicyclic amines) is 1. The van der Waals surface area contributed by atoms with E-state index in [1.807, 2.05) is 0 Å². The maximum Gasteiger partial charge on any atom is 0.0620 e. The van der Waals surface area contributed by atoms with E-state index in [2.05, 4.69) is 11.9 Å². The lowest BCUT2D eigenvalue weighted by Gasteiger charge is -2.21. The number of rotatable bonds is 2. The Kier molecular flexibility index (Phi) is 1.46.